The lowest BCUT2D eigenvalue weighted by Gasteiger charge is -2.15. The van der Waals surface area contributed by atoms with Crippen LogP contribution in [-0.2, 0) is 9.53 Å². The van der Waals surface area contributed by atoms with Gasteiger partial charge in [0, 0.05) is 5.75 Å². The second kappa shape index (κ2) is 9.97. The van der Waals surface area contributed by atoms with E-state index in [1.807, 2.05) is 0 Å². The molecule has 0 saturated heterocycles. The summed E-state index contributed by atoms with van der Waals surface area (Å²) in [6.07, 6.45) is 5.04. The number of carbonyl (C=O) groups is 1. The predicted octanol–water partition coefficient (Wildman–Crippen LogP) is 2.44. The summed E-state index contributed by atoms with van der Waals surface area (Å²) in [6, 6.07) is -0.473. The second-order valence-corrected chi connectivity index (χ2v) is 5.16. The van der Waals surface area contributed by atoms with Gasteiger partial charge in [-0.25, -0.2) is 0 Å². The van der Waals surface area contributed by atoms with Crippen LogP contribution in [0.4, 0.5) is 0 Å². The number of carbonyl (C=O) groups excluding carboxylic acids is 1. The van der Waals surface area contributed by atoms with Crippen molar-refractivity contribution in [2.45, 2.75) is 45.6 Å². The van der Waals surface area contributed by atoms with Gasteiger partial charge in [0.2, 0.25) is 0 Å². The van der Waals surface area contributed by atoms with Gasteiger partial charge in [-0.2, -0.15) is 11.8 Å². The summed E-state index contributed by atoms with van der Waals surface area (Å²) in [5.41, 5.74) is 5.66. The maximum atomic E-state index is 11.1. The van der Waals surface area contributed by atoms with Crippen LogP contribution in [0.25, 0.3) is 0 Å². The van der Waals surface area contributed by atoms with Crippen LogP contribution >= 0.6 is 11.8 Å². The molecular weight excluding hydrogens is 222 g/mol. The summed E-state index contributed by atoms with van der Waals surface area (Å²) in [4.78, 5) is 11.1. The van der Waals surface area contributed by atoms with Gasteiger partial charge < -0.3 is 10.5 Å². The Morgan fingerprint density at radius 1 is 1.38 bits per heavy atom. The molecule has 2 atom stereocenters. The summed E-state index contributed by atoms with van der Waals surface area (Å²) in [5, 5.41) is 0. The molecule has 4 heteroatoms. The maximum absolute atomic E-state index is 11.1. The van der Waals surface area contributed by atoms with Gasteiger partial charge in [0.25, 0.3) is 0 Å². The number of rotatable bonds is 9. The van der Waals surface area contributed by atoms with Crippen molar-refractivity contribution in [2.24, 2.45) is 11.7 Å². The van der Waals surface area contributed by atoms with Crippen LogP contribution in [0.5, 0.6) is 0 Å². The summed E-state index contributed by atoms with van der Waals surface area (Å²) in [7, 11) is 1.38. The van der Waals surface area contributed by atoms with E-state index in [9.17, 15) is 4.79 Å². The molecule has 0 amide bonds. The fourth-order valence-corrected chi connectivity index (χ4v) is 2.74. The first-order valence-electron chi connectivity index (χ1n) is 6.06. The molecule has 0 bridgehead atoms. The van der Waals surface area contributed by atoms with Crippen LogP contribution in [0, 0.1) is 5.92 Å². The first kappa shape index (κ1) is 15.8. The van der Waals surface area contributed by atoms with Gasteiger partial charge in [0.1, 0.15) is 6.04 Å². The molecule has 0 heterocycles. The predicted molar refractivity (Wildman–Crippen MR) is 70.6 cm³/mol. The van der Waals surface area contributed by atoms with Crippen molar-refractivity contribution >= 4 is 17.7 Å². The molecule has 0 aromatic heterocycles. The van der Waals surface area contributed by atoms with Gasteiger partial charge in [-0.3, -0.25) is 4.79 Å². The summed E-state index contributed by atoms with van der Waals surface area (Å²) in [6.45, 7) is 4.44. The number of unbranched alkanes of at least 4 members (excludes halogenated alkanes) is 1. The van der Waals surface area contributed by atoms with E-state index in [1.165, 1.54) is 32.8 Å². The van der Waals surface area contributed by atoms with Crippen molar-refractivity contribution in [1.29, 1.82) is 0 Å². The second-order valence-electron chi connectivity index (χ2n) is 4.08. The average molecular weight is 247 g/mol. The number of hydrogen-bond acceptors (Lipinski definition) is 4. The monoisotopic (exact) mass is 247 g/mol. The highest BCUT2D eigenvalue weighted by Crippen LogP contribution is 2.18. The van der Waals surface area contributed by atoms with Crippen molar-refractivity contribution in [3.63, 3.8) is 0 Å². The van der Waals surface area contributed by atoms with Crippen LogP contribution in [0.1, 0.15) is 39.5 Å². The zero-order chi connectivity index (χ0) is 12.4. The van der Waals surface area contributed by atoms with Crippen molar-refractivity contribution in [1.82, 2.24) is 0 Å². The Balaban J connectivity index is 3.64. The fourth-order valence-electron chi connectivity index (χ4n) is 1.48. The van der Waals surface area contributed by atoms with E-state index < -0.39 is 6.04 Å². The van der Waals surface area contributed by atoms with Gasteiger partial charge in [-0.15, -0.1) is 0 Å². The van der Waals surface area contributed by atoms with E-state index in [-0.39, 0.29) is 5.97 Å². The number of ether oxygens (including phenoxy) is 1. The Morgan fingerprint density at radius 2 is 2.06 bits per heavy atom. The van der Waals surface area contributed by atoms with Crippen molar-refractivity contribution in [3.05, 3.63) is 0 Å². The molecule has 0 spiro atoms. The topological polar surface area (TPSA) is 52.3 Å². The molecule has 0 saturated carbocycles. The Labute approximate surface area is 103 Å². The van der Waals surface area contributed by atoms with E-state index >= 15 is 0 Å². The van der Waals surface area contributed by atoms with Crippen LogP contribution in [0.15, 0.2) is 0 Å². The van der Waals surface area contributed by atoms with E-state index in [4.69, 9.17) is 5.73 Å². The quantitative estimate of drug-likeness (QED) is 0.636. The van der Waals surface area contributed by atoms with Crippen molar-refractivity contribution < 1.29 is 9.53 Å². The highest BCUT2D eigenvalue weighted by atomic mass is 32.2. The number of esters is 1. The van der Waals surface area contributed by atoms with E-state index in [0.717, 1.165) is 11.7 Å². The van der Waals surface area contributed by atoms with Crippen LogP contribution < -0.4 is 5.73 Å². The van der Waals surface area contributed by atoms with Gasteiger partial charge in [0.15, 0.2) is 0 Å². The third-order valence-corrected chi connectivity index (χ3v) is 4.00. The standard InChI is InChI=1S/C12H25NO2S/c1-4-6-7-10(5-2)8-16-9-11(13)12(14)15-3/h10-11H,4-9,13H2,1-3H3. The molecule has 3 nitrogen and oxygen atoms in total. The Morgan fingerprint density at radius 3 is 2.56 bits per heavy atom. The Kier molecular flexibility index (Phi) is 9.83. The Hall–Kier alpha value is -0.220. The minimum Gasteiger partial charge on any atom is -0.468 e. The minimum absolute atomic E-state index is 0.311. The van der Waals surface area contributed by atoms with Crippen molar-refractivity contribution in [3.8, 4) is 0 Å². The lowest BCUT2D eigenvalue weighted by Crippen LogP contribution is -2.34. The van der Waals surface area contributed by atoms with E-state index in [1.54, 1.807) is 11.8 Å². The van der Waals surface area contributed by atoms with Crippen LogP contribution in [-0.4, -0.2) is 30.6 Å². The van der Waals surface area contributed by atoms with Crippen LogP contribution in [0.3, 0.4) is 0 Å². The van der Waals surface area contributed by atoms with Gasteiger partial charge in [-0.1, -0.05) is 33.1 Å². The molecule has 16 heavy (non-hydrogen) atoms. The molecular formula is C12H25NO2S. The molecule has 0 radical (unpaired) electrons. The average Bonchev–Trinajstić information content (AvgIpc) is 2.32. The molecule has 2 unspecified atom stereocenters. The van der Waals surface area contributed by atoms with Gasteiger partial charge in [-0.05, 0) is 18.1 Å². The lowest BCUT2D eigenvalue weighted by atomic mass is 10.0. The van der Waals surface area contributed by atoms with Gasteiger partial charge in [0.05, 0.1) is 7.11 Å². The molecule has 0 aromatic carbocycles. The summed E-state index contributed by atoms with van der Waals surface area (Å²) >= 11 is 1.76. The lowest BCUT2D eigenvalue weighted by molar-refractivity contribution is -0.141. The normalized spacial score (nSPS) is 14.5. The molecule has 0 aliphatic carbocycles. The summed E-state index contributed by atoms with van der Waals surface area (Å²) < 4.78 is 4.58. The molecule has 0 aliphatic heterocycles. The summed E-state index contributed by atoms with van der Waals surface area (Å²) in [5.74, 6) is 2.21. The largest absolute Gasteiger partial charge is 0.468 e. The molecule has 96 valence electrons. The first-order valence-corrected chi connectivity index (χ1v) is 7.22. The molecule has 0 fully saturated rings. The maximum Gasteiger partial charge on any atom is 0.323 e. The third kappa shape index (κ3) is 7.12. The molecule has 2 N–H and O–H groups in total. The Bertz CT molecular complexity index is 188. The molecule has 0 aliphatic rings. The SMILES string of the molecule is CCCCC(CC)CSCC(N)C(=O)OC. The zero-order valence-electron chi connectivity index (χ0n) is 10.7. The van der Waals surface area contributed by atoms with E-state index in [2.05, 4.69) is 18.6 Å². The number of thioether (sulfide) groups is 1. The highest BCUT2D eigenvalue weighted by Gasteiger charge is 2.14. The smallest absolute Gasteiger partial charge is 0.323 e. The number of nitrogens with two attached hydrogens (primary N) is 1. The molecule has 0 aromatic rings. The minimum atomic E-state index is -0.473. The van der Waals surface area contributed by atoms with Gasteiger partial charge >= 0.3 is 5.97 Å². The molecule has 0 rings (SSSR count). The van der Waals surface area contributed by atoms with E-state index in [0.29, 0.717) is 5.75 Å². The number of hydrogen-bond donors (Lipinski definition) is 1. The highest BCUT2D eigenvalue weighted by molar-refractivity contribution is 7.99. The first-order chi connectivity index (χ1) is 7.65. The zero-order valence-corrected chi connectivity index (χ0v) is 11.5. The van der Waals surface area contributed by atoms with Crippen molar-refractivity contribution in [2.75, 3.05) is 18.6 Å². The fraction of sp³-hybridized carbons (Fsp3) is 0.917. The van der Waals surface area contributed by atoms with Crippen LogP contribution in [0.2, 0.25) is 0 Å². The third-order valence-electron chi connectivity index (χ3n) is 2.70. The number of methoxy groups -OCH3 is 1.